The fourth-order valence-electron chi connectivity index (χ4n) is 4.08. The molecule has 3 aromatic heterocycles. The second-order valence-electron chi connectivity index (χ2n) is 9.16. The number of hydrogen-bond acceptors (Lipinski definition) is 8. The molecular weight excluding hydrogens is 561 g/mol. The minimum absolute atomic E-state index is 0.0161. The van der Waals surface area contributed by atoms with E-state index in [0.717, 1.165) is 36.2 Å². The van der Waals surface area contributed by atoms with Crippen LogP contribution in [-0.4, -0.2) is 47.4 Å². The Balaban J connectivity index is 1.67. The van der Waals surface area contributed by atoms with E-state index in [1.165, 1.54) is 16.9 Å². The largest absolute Gasteiger partial charge is 0.455 e. The molecule has 15 heteroatoms. The van der Waals surface area contributed by atoms with Crippen LogP contribution >= 0.6 is 11.6 Å². The SMILES string of the molecule is CCCCCNCc1cc(C#N)cc(C)c1NC(=O)c1cc(Cn2nnc(C(F)(F)F)n2)nn1-c1ncccc1Cl. The number of aromatic nitrogens is 7. The van der Waals surface area contributed by atoms with Gasteiger partial charge in [0.25, 0.3) is 11.7 Å². The highest BCUT2D eigenvalue weighted by Crippen LogP contribution is 2.27. The van der Waals surface area contributed by atoms with Crippen LogP contribution in [0.3, 0.4) is 0 Å². The van der Waals surface area contributed by atoms with E-state index in [1.54, 1.807) is 31.2 Å². The van der Waals surface area contributed by atoms with Gasteiger partial charge in [-0.05, 0) is 66.6 Å². The Labute approximate surface area is 238 Å². The molecule has 41 heavy (non-hydrogen) atoms. The van der Waals surface area contributed by atoms with E-state index in [0.29, 0.717) is 23.4 Å². The van der Waals surface area contributed by atoms with E-state index in [2.05, 4.69) is 49.1 Å². The van der Waals surface area contributed by atoms with Crippen molar-refractivity contribution in [3.8, 4) is 11.9 Å². The van der Waals surface area contributed by atoms with Gasteiger partial charge >= 0.3 is 6.18 Å². The third-order valence-corrected chi connectivity index (χ3v) is 6.29. The first-order valence-corrected chi connectivity index (χ1v) is 13.1. The summed E-state index contributed by atoms with van der Waals surface area (Å²) in [5.41, 5.74) is 2.55. The molecule has 3 heterocycles. The number of halogens is 4. The summed E-state index contributed by atoms with van der Waals surface area (Å²) in [5.74, 6) is -1.83. The number of tetrazole rings is 1. The van der Waals surface area contributed by atoms with Gasteiger partial charge in [-0.1, -0.05) is 31.4 Å². The first-order valence-electron chi connectivity index (χ1n) is 12.7. The Bertz CT molecular complexity index is 1570. The van der Waals surface area contributed by atoms with E-state index in [1.807, 2.05) is 0 Å². The lowest BCUT2D eigenvalue weighted by Crippen LogP contribution is -2.21. The van der Waals surface area contributed by atoms with Gasteiger partial charge in [0.2, 0.25) is 0 Å². The lowest BCUT2D eigenvalue weighted by Gasteiger charge is -2.16. The minimum atomic E-state index is -4.76. The Kier molecular flexibility index (Phi) is 9.31. The van der Waals surface area contributed by atoms with Gasteiger partial charge < -0.3 is 10.6 Å². The Morgan fingerprint density at radius 2 is 2.00 bits per heavy atom. The van der Waals surface area contributed by atoms with Gasteiger partial charge in [-0.15, -0.1) is 10.2 Å². The molecule has 2 N–H and O–H groups in total. The first-order chi connectivity index (χ1) is 19.6. The second-order valence-corrected chi connectivity index (χ2v) is 9.57. The molecular formula is C26H26ClF3N10O. The first kappa shape index (κ1) is 29.6. The van der Waals surface area contributed by atoms with Crippen molar-refractivity contribution >= 4 is 23.2 Å². The summed E-state index contributed by atoms with van der Waals surface area (Å²) in [6.45, 7) is 4.79. The third-order valence-electron chi connectivity index (χ3n) is 6.00. The predicted molar refractivity (Wildman–Crippen MR) is 143 cm³/mol. The van der Waals surface area contributed by atoms with Crippen molar-refractivity contribution in [3.63, 3.8) is 0 Å². The summed E-state index contributed by atoms with van der Waals surface area (Å²) in [7, 11) is 0. The zero-order valence-electron chi connectivity index (χ0n) is 22.2. The molecule has 4 aromatic rings. The smallest absolute Gasteiger partial charge is 0.320 e. The maximum atomic E-state index is 13.7. The van der Waals surface area contributed by atoms with Crippen LogP contribution in [0.4, 0.5) is 18.9 Å². The average Bonchev–Trinajstić information content (AvgIpc) is 3.58. The number of carbonyl (C=O) groups excluding carboxylic acids is 1. The van der Waals surface area contributed by atoms with Crippen molar-refractivity contribution in [1.82, 2.24) is 40.3 Å². The highest BCUT2D eigenvalue weighted by Gasteiger charge is 2.37. The zero-order chi connectivity index (χ0) is 29.6. The number of carbonyl (C=O) groups is 1. The number of nitrogens with one attached hydrogen (secondary N) is 2. The molecule has 0 spiro atoms. The fourth-order valence-corrected chi connectivity index (χ4v) is 4.28. The maximum Gasteiger partial charge on any atom is 0.455 e. The number of alkyl halides is 3. The van der Waals surface area contributed by atoms with E-state index in [-0.39, 0.29) is 28.8 Å². The van der Waals surface area contributed by atoms with Gasteiger partial charge in [-0.3, -0.25) is 4.79 Å². The van der Waals surface area contributed by atoms with E-state index >= 15 is 0 Å². The molecule has 0 saturated heterocycles. The molecule has 1 aromatic carbocycles. The van der Waals surface area contributed by atoms with Crippen molar-refractivity contribution < 1.29 is 18.0 Å². The number of benzene rings is 1. The highest BCUT2D eigenvalue weighted by molar-refractivity contribution is 6.32. The molecule has 1 amide bonds. The van der Waals surface area contributed by atoms with Gasteiger partial charge in [0.15, 0.2) is 5.82 Å². The monoisotopic (exact) mass is 586 g/mol. The summed E-state index contributed by atoms with van der Waals surface area (Å²) < 4.78 is 40.0. The number of rotatable bonds is 11. The van der Waals surface area contributed by atoms with Crippen molar-refractivity contribution in [3.05, 3.63) is 75.5 Å². The summed E-state index contributed by atoms with van der Waals surface area (Å²) in [6.07, 6.45) is -0.138. The number of hydrogen-bond donors (Lipinski definition) is 2. The average molecular weight is 587 g/mol. The van der Waals surface area contributed by atoms with E-state index in [9.17, 15) is 23.2 Å². The van der Waals surface area contributed by atoms with Crippen molar-refractivity contribution in [2.24, 2.45) is 0 Å². The number of unbranched alkanes of at least 4 members (excludes halogenated alkanes) is 2. The molecule has 0 aliphatic rings. The molecule has 0 aliphatic carbocycles. The molecule has 0 atom stereocenters. The predicted octanol–water partition coefficient (Wildman–Crippen LogP) is 4.69. The van der Waals surface area contributed by atoms with Gasteiger partial charge in [-0.25, -0.2) is 9.67 Å². The number of anilines is 1. The van der Waals surface area contributed by atoms with Crippen molar-refractivity contribution in [2.45, 2.75) is 52.4 Å². The van der Waals surface area contributed by atoms with Crippen LogP contribution in [0.2, 0.25) is 5.02 Å². The number of amides is 1. The van der Waals surface area contributed by atoms with Crippen LogP contribution in [-0.2, 0) is 19.3 Å². The highest BCUT2D eigenvalue weighted by atomic mass is 35.5. The summed E-state index contributed by atoms with van der Waals surface area (Å²) in [6, 6.07) is 10.1. The van der Waals surface area contributed by atoms with Gasteiger partial charge in [0.1, 0.15) is 12.2 Å². The normalized spacial score (nSPS) is 11.4. The molecule has 214 valence electrons. The van der Waals surface area contributed by atoms with Crippen LogP contribution in [0.1, 0.15) is 64.9 Å². The number of nitrogens with zero attached hydrogens (tertiary/aromatic N) is 8. The molecule has 0 radical (unpaired) electrons. The molecule has 0 saturated carbocycles. The van der Waals surface area contributed by atoms with Crippen molar-refractivity contribution in [2.75, 3.05) is 11.9 Å². The molecule has 4 rings (SSSR count). The zero-order valence-corrected chi connectivity index (χ0v) is 23.0. The molecule has 0 aliphatic heterocycles. The van der Waals surface area contributed by atoms with Gasteiger partial charge in [-0.2, -0.15) is 28.3 Å². The molecule has 0 unspecified atom stereocenters. The number of pyridine rings is 1. The molecule has 11 nitrogen and oxygen atoms in total. The standard InChI is InChI=1S/C26H26ClF3N10O/c1-3-4-5-8-32-14-18-11-17(13-31)10-16(2)22(18)34-24(41)21-12-19(15-39-37-25(35-38-39)26(28,29)30)36-40(21)23-20(27)7-6-9-33-23/h6-7,9-12,32H,3-5,8,14-15H2,1-2H3,(H,34,41). The van der Waals surface area contributed by atoms with Gasteiger partial charge in [0.05, 0.1) is 22.3 Å². The summed E-state index contributed by atoms with van der Waals surface area (Å²) in [5, 5.41) is 30.1. The number of nitriles is 1. The van der Waals surface area contributed by atoms with E-state index < -0.39 is 17.9 Å². The van der Waals surface area contributed by atoms with Crippen LogP contribution < -0.4 is 10.6 Å². The Hall–Kier alpha value is -4.35. The van der Waals surface area contributed by atoms with Crippen LogP contribution in [0.5, 0.6) is 0 Å². The second kappa shape index (κ2) is 12.9. The Morgan fingerprint density at radius 3 is 2.68 bits per heavy atom. The van der Waals surface area contributed by atoms with Crippen LogP contribution in [0.15, 0.2) is 36.5 Å². The molecule has 0 fully saturated rings. The third kappa shape index (κ3) is 7.24. The molecule has 0 bridgehead atoms. The van der Waals surface area contributed by atoms with Crippen LogP contribution in [0.25, 0.3) is 5.82 Å². The van der Waals surface area contributed by atoms with Crippen LogP contribution in [0, 0.1) is 18.3 Å². The number of aryl methyl sites for hydroxylation is 1. The van der Waals surface area contributed by atoms with Gasteiger partial charge in [0, 0.05) is 18.4 Å². The summed E-state index contributed by atoms with van der Waals surface area (Å²) >= 11 is 6.34. The van der Waals surface area contributed by atoms with Crippen molar-refractivity contribution in [1.29, 1.82) is 5.26 Å². The maximum absolute atomic E-state index is 13.7. The Morgan fingerprint density at radius 1 is 1.20 bits per heavy atom. The fraction of sp³-hybridized carbons (Fsp3) is 0.346. The summed E-state index contributed by atoms with van der Waals surface area (Å²) in [4.78, 5) is 18.6. The lowest BCUT2D eigenvalue weighted by atomic mass is 10.0. The lowest BCUT2D eigenvalue weighted by molar-refractivity contribution is -0.145. The van der Waals surface area contributed by atoms with E-state index in [4.69, 9.17) is 11.6 Å². The minimum Gasteiger partial charge on any atom is -0.320 e. The quantitative estimate of drug-likeness (QED) is 0.241. The topological polar surface area (TPSA) is 139 Å².